The van der Waals surface area contributed by atoms with Crippen molar-refractivity contribution in [1.82, 2.24) is 14.7 Å². The lowest BCUT2D eigenvalue weighted by atomic mass is 10.2. The van der Waals surface area contributed by atoms with Crippen molar-refractivity contribution in [2.45, 2.75) is 17.0 Å². The van der Waals surface area contributed by atoms with Crippen molar-refractivity contribution in [3.63, 3.8) is 0 Å². The number of thioether (sulfide) groups is 1. The molecule has 122 valence electrons. The highest BCUT2D eigenvalue weighted by molar-refractivity contribution is 7.99. The first-order valence-corrected chi connectivity index (χ1v) is 9.13. The Labute approximate surface area is 139 Å². The molecule has 0 bridgehead atoms. The highest BCUT2D eigenvalue weighted by atomic mass is 32.2. The van der Waals surface area contributed by atoms with E-state index >= 15 is 0 Å². The van der Waals surface area contributed by atoms with Gasteiger partial charge in [-0.15, -0.1) is 0 Å². The van der Waals surface area contributed by atoms with Crippen LogP contribution in [-0.2, 0) is 14.8 Å². The molecule has 9 heteroatoms. The van der Waals surface area contributed by atoms with Gasteiger partial charge in [0.2, 0.25) is 15.9 Å². The first kappa shape index (κ1) is 17.4. The van der Waals surface area contributed by atoms with Crippen LogP contribution in [-0.4, -0.2) is 37.1 Å². The van der Waals surface area contributed by atoms with E-state index in [-0.39, 0.29) is 16.6 Å². The van der Waals surface area contributed by atoms with Gasteiger partial charge in [-0.25, -0.2) is 23.1 Å². The molecule has 23 heavy (non-hydrogen) atoms. The minimum atomic E-state index is -3.57. The van der Waals surface area contributed by atoms with E-state index in [4.69, 9.17) is 0 Å². The van der Waals surface area contributed by atoms with E-state index in [9.17, 15) is 13.2 Å². The molecule has 0 unspecified atom stereocenters. The third kappa shape index (κ3) is 4.75. The number of nitrogens with zero attached hydrogens (tertiary/aromatic N) is 2. The van der Waals surface area contributed by atoms with Crippen molar-refractivity contribution in [1.29, 1.82) is 0 Å². The lowest BCUT2D eigenvalue weighted by Gasteiger charge is -2.10. The second kappa shape index (κ2) is 7.53. The zero-order valence-electron chi connectivity index (χ0n) is 12.6. The molecule has 1 aromatic carbocycles. The molecule has 1 heterocycles. The van der Waals surface area contributed by atoms with Crippen LogP contribution in [0.1, 0.15) is 5.56 Å². The second-order valence-corrected chi connectivity index (χ2v) is 7.35. The SMILES string of the molecule is CNS(=O)(=O)c1cc(NC(=O)CSc2ncccn2)ccc1C. The van der Waals surface area contributed by atoms with E-state index in [0.717, 1.165) is 0 Å². The third-order valence-electron chi connectivity index (χ3n) is 2.90. The molecular weight excluding hydrogens is 336 g/mol. The van der Waals surface area contributed by atoms with E-state index in [2.05, 4.69) is 20.0 Å². The first-order chi connectivity index (χ1) is 10.9. The van der Waals surface area contributed by atoms with Crippen LogP contribution in [0.15, 0.2) is 46.7 Å². The van der Waals surface area contributed by atoms with E-state index in [0.29, 0.717) is 16.4 Å². The van der Waals surface area contributed by atoms with E-state index in [1.807, 2.05) is 0 Å². The Kier molecular flexibility index (Phi) is 5.69. The highest BCUT2D eigenvalue weighted by Crippen LogP contribution is 2.20. The number of benzene rings is 1. The Bertz CT molecular complexity index is 795. The Morgan fingerprint density at radius 2 is 1.96 bits per heavy atom. The monoisotopic (exact) mass is 352 g/mol. The molecule has 2 rings (SSSR count). The Morgan fingerprint density at radius 1 is 1.26 bits per heavy atom. The van der Waals surface area contributed by atoms with Crippen molar-refractivity contribution in [2.24, 2.45) is 0 Å². The van der Waals surface area contributed by atoms with Crippen LogP contribution in [0.5, 0.6) is 0 Å². The summed E-state index contributed by atoms with van der Waals surface area (Å²) in [6, 6.07) is 6.43. The maximum absolute atomic E-state index is 11.9. The molecule has 0 aliphatic rings. The molecule has 1 amide bonds. The molecule has 0 saturated carbocycles. The lowest BCUT2D eigenvalue weighted by molar-refractivity contribution is -0.113. The number of rotatable bonds is 6. The zero-order chi connectivity index (χ0) is 16.9. The normalized spacial score (nSPS) is 11.2. The predicted molar refractivity (Wildman–Crippen MR) is 88.8 cm³/mol. The fourth-order valence-corrected chi connectivity index (χ4v) is 3.36. The molecule has 2 aromatic rings. The summed E-state index contributed by atoms with van der Waals surface area (Å²) in [5, 5.41) is 3.17. The van der Waals surface area contributed by atoms with Crippen molar-refractivity contribution in [2.75, 3.05) is 18.1 Å². The molecule has 2 N–H and O–H groups in total. The number of carbonyl (C=O) groups excluding carboxylic acids is 1. The number of sulfonamides is 1. The number of anilines is 1. The molecule has 0 aliphatic carbocycles. The number of aryl methyl sites for hydroxylation is 1. The average molecular weight is 352 g/mol. The summed E-state index contributed by atoms with van der Waals surface area (Å²) >= 11 is 1.20. The lowest BCUT2D eigenvalue weighted by Crippen LogP contribution is -2.20. The summed E-state index contributed by atoms with van der Waals surface area (Å²) in [7, 11) is -2.23. The predicted octanol–water partition coefficient (Wildman–Crippen LogP) is 1.42. The molecule has 0 atom stereocenters. The Morgan fingerprint density at radius 3 is 2.61 bits per heavy atom. The molecule has 0 spiro atoms. The van der Waals surface area contributed by atoms with Crippen molar-refractivity contribution in [3.05, 3.63) is 42.2 Å². The number of aromatic nitrogens is 2. The van der Waals surface area contributed by atoms with Gasteiger partial charge in [-0.2, -0.15) is 0 Å². The molecule has 1 aromatic heterocycles. The molecule has 0 radical (unpaired) electrons. The van der Waals surface area contributed by atoms with Gasteiger partial charge in [0.25, 0.3) is 0 Å². The van der Waals surface area contributed by atoms with E-state index in [1.165, 1.54) is 24.9 Å². The van der Waals surface area contributed by atoms with Gasteiger partial charge in [0.1, 0.15) is 0 Å². The van der Waals surface area contributed by atoms with Crippen LogP contribution in [0, 0.1) is 6.92 Å². The Balaban J connectivity index is 2.05. The summed E-state index contributed by atoms with van der Waals surface area (Å²) in [4.78, 5) is 20.1. The van der Waals surface area contributed by atoms with Gasteiger partial charge in [0.05, 0.1) is 10.6 Å². The second-order valence-electron chi connectivity index (χ2n) is 4.56. The minimum absolute atomic E-state index is 0.131. The quantitative estimate of drug-likeness (QED) is 0.602. The van der Waals surface area contributed by atoms with E-state index < -0.39 is 10.0 Å². The van der Waals surface area contributed by atoms with Gasteiger partial charge < -0.3 is 5.32 Å². The van der Waals surface area contributed by atoms with Crippen molar-refractivity contribution < 1.29 is 13.2 Å². The third-order valence-corrected chi connectivity index (χ3v) is 5.34. The van der Waals surface area contributed by atoms with Crippen LogP contribution in [0.2, 0.25) is 0 Å². The minimum Gasteiger partial charge on any atom is -0.325 e. The van der Waals surface area contributed by atoms with Gasteiger partial charge in [0.15, 0.2) is 5.16 Å². The average Bonchev–Trinajstić information content (AvgIpc) is 2.55. The molecule has 0 saturated heterocycles. The largest absolute Gasteiger partial charge is 0.325 e. The standard InChI is InChI=1S/C14H16N4O3S2/c1-10-4-5-11(8-12(10)23(20,21)15-2)18-13(19)9-22-14-16-6-3-7-17-14/h3-8,15H,9H2,1-2H3,(H,18,19). The fraction of sp³-hybridized carbons (Fsp3) is 0.214. The first-order valence-electron chi connectivity index (χ1n) is 6.66. The van der Waals surface area contributed by atoms with Crippen LogP contribution >= 0.6 is 11.8 Å². The number of nitrogens with one attached hydrogen (secondary N) is 2. The van der Waals surface area contributed by atoms with Crippen molar-refractivity contribution in [3.8, 4) is 0 Å². The van der Waals surface area contributed by atoms with Crippen LogP contribution in [0.25, 0.3) is 0 Å². The summed E-state index contributed by atoms with van der Waals surface area (Å²) < 4.78 is 26.1. The molecule has 0 aliphatic heterocycles. The summed E-state index contributed by atoms with van der Waals surface area (Å²) in [5.74, 6) is -0.134. The van der Waals surface area contributed by atoms with Crippen molar-refractivity contribution >= 4 is 33.4 Å². The number of carbonyl (C=O) groups is 1. The summed E-state index contributed by atoms with van der Waals surface area (Å²) in [6.45, 7) is 1.69. The van der Waals surface area contributed by atoms with Crippen LogP contribution in [0.4, 0.5) is 5.69 Å². The van der Waals surface area contributed by atoms with Gasteiger partial charge in [0, 0.05) is 18.1 Å². The molecule has 7 nitrogen and oxygen atoms in total. The summed E-state index contributed by atoms with van der Waals surface area (Å²) in [5.41, 5.74) is 1.02. The fourth-order valence-electron chi connectivity index (χ4n) is 1.76. The molecule has 0 fully saturated rings. The van der Waals surface area contributed by atoms with Gasteiger partial charge in [-0.05, 0) is 37.7 Å². The maximum atomic E-state index is 11.9. The van der Waals surface area contributed by atoms with Crippen LogP contribution < -0.4 is 10.0 Å². The highest BCUT2D eigenvalue weighted by Gasteiger charge is 2.15. The maximum Gasteiger partial charge on any atom is 0.240 e. The Hall–Kier alpha value is -1.97. The van der Waals surface area contributed by atoms with Gasteiger partial charge in [-0.3, -0.25) is 4.79 Å². The molecular formula is C14H16N4O3S2. The topological polar surface area (TPSA) is 101 Å². The van der Waals surface area contributed by atoms with E-state index in [1.54, 1.807) is 37.5 Å². The zero-order valence-corrected chi connectivity index (χ0v) is 14.2. The summed E-state index contributed by atoms with van der Waals surface area (Å²) in [6.07, 6.45) is 3.20. The number of hydrogen-bond acceptors (Lipinski definition) is 6. The van der Waals surface area contributed by atoms with Crippen LogP contribution in [0.3, 0.4) is 0 Å². The van der Waals surface area contributed by atoms with Gasteiger partial charge in [-0.1, -0.05) is 17.8 Å². The smallest absolute Gasteiger partial charge is 0.240 e. The van der Waals surface area contributed by atoms with Gasteiger partial charge >= 0.3 is 0 Å². The number of amides is 1. The number of hydrogen-bond donors (Lipinski definition) is 2.